The third-order valence-electron chi connectivity index (χ3n) is 4.59. The lowest BCUT2D eigenvalue weighted by Crippen LogP contribution is -2.45. The van der Waals surface area contributed by atoms with E-state index < -0.39 is 43.8 Å². The molecule has 0 heterocycles. The Morgan fingerprint density at radius 2 is 1.58 bits per heavy atom. The van der Waals surface area contributed by atoms with Crippen LogP contribution in [0.1, 0.15) is 39.2 Å². The molecule has 7 heteroatoms. The Morgan fingerprint density at radius 1 is 1.08 bits per heavy atom. The molecular formula is C17H25F3O3Si. The molecular weight excluding hydrogens is 337 g/mol. The summed E-state index contributed by atoms with van der Waals surface area (Å²) in [5, 5.41) is -0.130. The fraction of sp³-hybridized carbons (Fsp3) is 0.588. The van der Waals surface area contributed by atoms with Gasteiger partial charge in [-0.2, -0.15) is 0 Å². The van der Waals surface area contributed by atoms with Crippen molar-refractivity contribution in [3.8, 4) is 0 Å². The summed E-state index contributed by atoms with van der Waals surface area (Å²) in [4.78, 5) is 12.2. The predicted molar refractivity (Wildman–Crippen MR) is 88.8 cm³/mol. The standard InChI is InChI=1S/C17H25F3O3Si/c1-10(23-24(6,7)17(2,3)4)15(16(21)22-5)11-8-13(19)14(20)9-12(11)18/h8-10,15H,1-7H3/t10?,15-/m1/s1. The molecule has 0 aliphatic rings. The molecule has 1 aromatic rings. The van der Waals surface area contributed by atoms with Crippen LogP contribution >= 0.6 is 0 Å². The van der Waals surface area contributed by atoms with Crippen molar-refractivity contribution in [2.45, 2.75) is 57.8 Å². The van der Waals surface area contributed by atoms with Crippen molar-refractivity contribution >= 4 is 14.3 Å². The zero-order valence-corrected chi connectivity index (χ0v) is 16.2. The van der Waals surface area contributed by atoms with E-state index in [2.05, 4.69) is 0 Å². The number of carbonyl (C=O) groups is 1. The fourth-order valence-corrected chi connectivity index (χ4v) is 3.60. The lowest BCUT2D eigenvalue weighted by molar-refractivity contribution is -0.144. The van der Waals surface area contributed by atoms with E-state index in [0.717, 1.165) is 7.11 Å². The van der Waals surface area contributed by atoms with Gasteiger partial charge in [-0.25, -0.2) is 13.2 Å². The van der Waals surface area contributed by atoms with Crippen LogP contribution in [-0.4, -0.2) is 27.5 Å². The van der Waals surface area contributed by atoms with E-state index in [1.54, 1.807) is 6.92 Å². The van der Waals surface area contributed by atoms with Crippen LogP contribution in [0.2, 0.25) is 18.1 Å². The largest absolute Gasteiger partial charge is 0.468 e. The van der Waals surface area contributed by atoms with Crippen molar-refractivity contribution in [1.82, 2.24) is 0 Å². The quantitative estimate of drug-likeness (QED) is 0.430. The molecule has 136 valence electrons. The highest BCUT2D eigenvalue weighted by molar-refractivity contribution is 6.74. The second-order valence-corrected chi connectivity index (χ2v) is 12.1. The summed E-state index contributed by atoms with van der Waals surface area (Å²) in [6.07, 6.45) is -0.752. The summed E-state index contributed by atoms with van der Waals surface area (Å²) in [6, 6.07) is 1.12. The highest BCUT2D eigenvalue weighted by Gasteiger charge is 2.42. The Morgan fingerprint density at radius 3 is 2.04 bits per heavy atom. The smallest absolute Gasteiger partial charge is 0.315 e. The van der Waals surface area contributed by atoms with Crippen LogP contribution in [0.25, 0.3) is 0 Å². The zero-order valence-electron chi connectivity index (χ0n) is 15.2. The van der Waals surface area contributed by atoms with Gasteiger partial charge in [0, 0.05) is 11.6 Å². The van der Waals surface area contributed by atoms with E-state index in [0.29, 0.717) is 12.1 Å². The van der Waals surface area contributed by atoms with Crippen LogP contribution in [0.5, 0.6) is 0 Å². The number of carbonyl (C=O) groups excluding carboxylic acids is 1. The first-order valence-electron chi connectivity index (χ1n) is 7.72. The first-order valence-corrected chi connectivity index (χ1v) is 10.6. The molecule has 0 aliphatic heterocycles. The van der Waals surface area contributed by atoms with Crippen molar-refractivity contribution in [3.05, 3.63) is 35.1 Å². The monoisotopic (exact) mass is 362 g/mol. The molecule has 24 heavy (non-hydrogen) atoms. The number of halogens is 3. The Kier molecular flexibility index (Phi) is 6.27. The minimum Gasteiger partial charge on any atom is -0.468 e. The maximum Gasteiger partial charge on any atom is 0.315 e. The van der Waals surface area contributed by atoms with Gasteiger partial charge in [0.05, 0.1) is 13.2 Å². The third-order valence-corrected chi connectivity index (χ3v) is 9.16. The fourth-order valence-electron chi connectivity index (χ4n) is 2.18. The van der Waals surface area contributed by atoms with Crippen LogP contribution in [-0.2, 0) is 14.0 Å². The summed E-state index contributed by atoms with van der Waals surface area (Å²) < 4.78 is 51.7. The molecule has 0 amide bonds. The first kappa shape index (κ1) is 20.7. The molecule has 2 atom stereocenters. The average Bonchev–Trinajstić information content (AvgIpc) is 2.42. The molecule has 1 rings (SSSR count). The zero-order chi connectivity index (χ0) is 18.9. The van der Waals surface area contributed by atoms with Gasteiger partial charge in [-0.15, -0.1) is 0 Å². The van der Waals surface area contributed by atoms with E-state index >= 15 is 0 Å². The molecule has 0 spiro atoms. The van der Waals surface area contributed by atoms with Gasteiger partial charge in [-0.1, -0.05) is 20.8 Å². The van der Waals surface area contributed by atoms with Crippen molar-refractivity contribution in [2.24, 2.45) is 0 Å². The summed E-state index contributed by atoms with van der Waals surface area (Å²) >= 11 is 0. The molecule has 0 aromatic heterocycles. The number of methoxy groups -OCH3 is 1. The molecule has 1 aromatic carbocycles. The third kappa shape index (κ3) is 4.39. The van der Waals surface area contributed by atoms with Gasteiger partial charge in [0.2, 0.25) is 0 Å². The average molecular weight is 362 g/mol. The maximum absolute atomic E-state index is 14.1. The van der Waals surface area contributed by atoms with Gasteiger partial charge in [0.25, 0.3) is 0 Å². The molecule has 1 unspecified atom stereocenters. The second kappa shape index (κ2) is 7.27. The topological polar surface area (TPSA) is 35.5 Å². The maximum atomic E-state index is 14.1. The molecule has 0 bridgehead atoms. The van der Waals surface area contributed by atoms with Crippen molar-refractivity contribution in [3.63, 3.8) is 0 Å². The highest BCUT2D eigenvalue weighted by Crippen LogP contribution is 2.39. The molecule has 0 saturated heterocycles. The predicted octanol–water partition coefficient (Wildman–Crippen LogP) is 4.77. The van der Waals surface area contributed by atoms with Gasteiger partial charge in [-0.05, 0) is 31.1 Å². The van der Waals surface area contributed by atoms with Crippen LogP contribution in [0.3, 0.4) is 0 Å². The number of rotatable bonds is 5. The highest BCUT2D eigenvalue weighted by atomic mass is 28.4. The summed E-state index contributed by atoms with van der Waals surface area (Å²) in [7, 11) is -1.10. The van der Waals surface area contributed by atoms with Gasteiger partial charge < -0.3 is 9.16 Å². The Hall–Kier alpha value is -1.34. The van der Waals surface area contributed by atoms with Crippen molar-refractivity contribution in [1.29, 1.82) is 0 Å². The Balaban J connectivity index is 3.29. The molecule has 0 N–H and O–H groups in total. The van der Waals surface area contributed by atoms with Crippen molar-refractivity contribution < 1.29 is 27.1 Å². The Bertz CT molecular complexity index is 612. The van der Waals surface area contributed by atoms with E-state index in [-0.39, 0.29) is 10.6 Å². The molecule has 0 fully saturated rings. The summed E-state index contributed by atoms with van der Waals surface area (Å²) in [5.74, 6) is -5.47. The van der Waals surface area contributed by atoms with E-state index in [1.165, 1.54) is 0 Å². The number of benzene rings is 1. The van der Waals surface area contributed by atoms with Crippen LogP contribution in [0.15, 0.2) is 12.1 Å². The number of ether oxygens (including phenoxy) is 1. The van der Waals surface area contributed by atoms with Gasteiger partial charge in [0.15, 0.2) is 20.0 Å². The molecule has 0 aliphatic carbocycles. The van der Waals surface area contributed by atoms with E-state index in [1.807, 2.05) is 33.9 Å². The van der Waals surface area contributed by atoms with E-state index in [9.17, 15) is 18.0 Å². The lowest BCUT2D eigenvalue weighted by Gasteiger charge is -2.40. The number of hydrogen-bond acceptors (Lipinski definition) is 3. The minimum absolute atomic E-state index is 0.130. The summed E-state index contributed by atoms with van der Waals surface area (Å²) in [6.45, 7) is 11.7. The second-order valence-electron chi connectivity index (χ2n) is 7.37. The number of hydrogen-bond donors (Lipinski definition) is 0. The molecule has 3 nitrogen and oxygen atoms in total. The van der Waals surface area contributed by atoms with Crippen LogP contribution in [0.4, 0.5) is 13.2 Å². The summed E-state index contributed by atoms with van der Waals surface area (Å²) in [5.41, 5.74) is -0.271. The van der Waals surface area contributed by atoms with Crippen LogP contribution < -0.4 is 0 Å². The van der Waals surface area contributed by atoms with Crippen LogP contribution in [0, 0.1) is 17.5 Å². The number of esters is 1. The van der Waals surface area contributed by atoms with E-state index in [4.69, 9.17) is 9.16 Å². The minimum atomic E-state index is -2.26. The molecule has 0 radical (unpaired) electrons. The lowest BCUT2D eigenvalue weighted by atomic mass is 9.93. The SMILES string of the molecule is COC(=O)[C@@H](c1cc(F)c(F)cc1F)C(C)O[Si](C)(C)C(C)(C)C. The van der Waals surface area contributed by atoms with Gasteiger partial charge in [-0.3, -0.25) is 4.79 Å². The Labute approximate surface area is 142 Å². The first-order chi connectivity index (χ1) is 10.8. The normalized spacial score (nSPS) is 15.1. The van der Waals surface area contributed by atoms with Gasteiger partial charge in [0.1, 0.15) is 11.7 Å². The van der Waals surface area contributed by atoms with Crippen molar-refractivity contribution in [2.75, 3.05) is 7.11 Å². The van der Waals surface area contributed by atoms with Gasteiger partial charge >= 0.3 is 5.97 Å². The molecule has 0 saturated carbocycles.